The maximum absolute atomic E-state index is 11.3. The van der Waals surface area contributed by atoms with Crippen molar-refractivity contribution in [2.75, 3.05) is 11.9 Å². The van der Waals surface area contributed by atoms with Crippen molar-refractivity contribution in [2.24, 2.45) is 0 Å². The maximum Gasteiger partial charge on any atom is 0.221 e. The molecule has 7 heteroatoms. The van der Waals surface area contributed by atoms with E-state index in [0.29, 0.717) is 0 Å². The molecule has 2 aromatic heterocycles. The zero-order chi connectivity index (χ0) is 19.7. The molecular formula is C21H26N6O. The van der Waals surface area contributed by atoms with Gasteiger partial charge in [-0.25, -0.2) is 9.97 Å². The van der Waals surface area contributed by atoms with Crippen LogP contribution < -0.4 is 5.32 Å². The first kappa shape index (κ1) is 18.4. The Kier molecular flexibility index (Phi) is 5.00. The second kappa shape index (κ2) is 7.59. The van der Waals surface area contributed by atoms with Crippen molar-refractivity contribution in [3.63, 3.8) is 0 Å². The molecule has 4 rings (SSSR count). The van der Waals surface area contributed by atoms with Crippen LogP contribution in [-0.2, 0) is 24.2 Å². The first-order chi connectivity index (χ1) is 13.5. The number of aromatic nitrogens is 4. The molecule has 146 valence electrons. The topological polar surface area (TPSA) is 89.7 Å². The van der Waals surface area contributed by atoms with Crippen LogP contribution in [0, 0.1) is 6.92 Å². The normalized spacial score (nSPS) is 16.8. The number of imidazole rings is 2. The number of carbonyl (C=O) groups is 1. The number of hydrogen-bond donors (Lipinski definition) is 3. The van der Waals surface area contributed by atoms with Gasteiger partial charge < -0.3 is 15.3 Å². The standard InChI is InChI=1S/C21H26N6O/c1-4-19-24-13(2)18(26-19)11-27-10-9-17-20(23-12-22-17)21(27)15-5-7-16(8-6-15)25-14(3)28/h5-8,12,21H,4,9-11H2,1-3H3,(H,22,23)(H,24,26)(H,25,28)/t21-/m0/s1. The van der Waals surface area contributed by atoms with Gasteiger partial charge in [-0.1, -0.05) is 19.1 Å². The van der Waals surface area contributed by atoms with Gasteiger partial charge in [-0.05, 0) is 24.6 Å². The summed E-state index contributed by atoms with van der Waals surface area (Å²) in [4.78, 5) is 29.8. The average Bonchev–Trinajstić information content (AvgIpc) is 3.28. The lowest BCUT2D eigenvalue weighted by atomic mass is 9.95. The van der Waals surface area contributed by atoms with E-state index in [2.05, 4.69) is 51.1 Å². The molecule has 3 aromatic rings. The van der Waals surface area contributed by atoms with Gasteiger partial charge in [-0.3, -0.25) is 9.69 Å². The van der Waals surface area contributed by atoms with Gasteiger partial charge in [-0.15, -0.1) is 0 Å². The highest BCUT2D eigenvalue weighted by atomic mass is 16.1. The summed E-state index contributed by atoms with van der Waals surface area (Å²) in [5.41, 5.74) is 6.45. The number of nitrogens with one attached hydrogen (secondary N) is 3. The van der Waals surface area contributed by atoms with Crippen LogP contribution in [0.5, 0.6) is 0 Å². The Morgan fingerprint density at radius 2 is 2.11 bits per heavy atom. The summed E-state index contributed by atoms with van der Waals surface area (Å²) in [6, 6.07) is 8.10. The smallest absolute Gasteiger partial charge is 0.221 e. The van der Waals surface area contributed by atoms with Gasteiger partial charge >= 0.3 is 0 Å². The highest BCUT2D eigenvalue weighted by Crippen LogP contribution is 2.35. The van der Waals surface area contributed by atoms with E-state index in [-0.39, 0.29) is 11.9 Å². The number of rotatable bonds is 5. The summed E-state index contributed by atoms with van der Waals surface area (Å²) in [6.45, 7) is 7.42. The molecule has 3 N–H and O–H groups in total. The predicted octanol–water partition coefficient (Wildman–Crippen LogP) is 3.11. The number of benzene rings is 1. The minimum absolute atomic E-state index is 0.0579. The summed E-state index contributed by atoms with van der Waals surface area (Å²) in [5.74, 6) is 0.962. The van der Waals surface area contributed by atoms with Crippen LogP contribution in [0.4, 0.5) is 5.69 Å². The number of carbonyl (C=O) groups excluding carboxylic acids is 1. The molecule has 0 unspecified atom stereocenters. The Hall–Kier alpha value is -2.93. The van der Waals surface area contributed by atoms with Gasteiger partial charge in [0.15, 0.2) is 0 Å². The zero-order valence-corrected chi connectivity index (χ0v) is 16.5. The molecule has 1 atom stereocenters. The van der Waals surface area contributed by atoms with E-state index in [1.165, 1.54) is 12.6 Å². The molecule has 0 saturated carbocycles. The van der Waals surface area contributed by atoms with E-state index in [1.807, 2.05) is 12.1 Å². The van der Waals surface area contributed by atoms with Crippen molar-refractivity contribution in [2.45, 2.75) is 46.2 Å². The molecule has 0 fully saturated rings. The lowest BCUT2D eigenvalue weighted by molar-refractivity contribution is -0.114. The van der Waals surface area contributed by atoms with E-state index in [9.17, 15) is 4.79 Å². The Labute approximate surface area is 164 Å². The van der Waals surface area contributed by atoms with Crippen LogP contribution >= 0.6 is 0 Å². The van der Waals surface area contributed by atoms with Crippen LogP contribution in [0.3, 0.4) is 0 Å². The number of hydrogen-bond acceptors (Lipinski definition) is 4. The van der Waals surface area contributed by atoms with Crippen LogP contribution in [0.15, 0.2) is 30.6 Å². The van der Waals surface area contributed by atoms with Crippen molar-refractivity contribution in [3.8, 4) is 0 Å². The number of aromatic amines is 2. The first-order valence-electron chi connectivity index (χ1n) is 9.73. The number of fused-ring (bicyclic) bond motifs is 1. The molecule has 1 amide bonds. The molecule has 3 heterocycles. The van der Waals surface area contributed by atoms with E-state index >= 15 is 0 Å². The molecule has 0 saturated heterocycles. The van der Waals surface area contributed by atoms with Crippen LogP contribution in [0.2, 0.25) is 0 Å². The van der Waals surface area contributed by atoms with Crippen molar-refractivity contribution < 1.29 is 4.79 Å². The van der Waals surface area contributed by atoms with Gasteiger partial charge in [0.2, 0.25) is 5.91 Å². The van der Waals surface area contributed by atoms with Crippen molar-refractivity contribution in [3.05, 3.63) is 64.8 Å². The van der Waals surface area contributed by atoms with Gasteiger partial charge in [-0.2, -0.15) is 0 Å². The van der Waals surface area contributed by atoms with Crippen LogP contribution in [-0.4, -0.2) is 37.3 Å². The lowest BCUT2D eigenvalue weighted by Gasteiger charge is -2.35. The molecule has 1 aromatic carbocycles. The van der Waals surface area contributed by atoms with E-state index in [0.717, 1.165) is 60.1 Å². The Balaban J connectivity index is 1.66. The van der Waals surface area contributed by atoms with Crippen molar-refractivity contribution in [1.82, 2.24) is 24.8 Å². The van der Waals surface area contributed by atoms with Gasteiger partial charge in [0, 0.05) is 49.9 Å². The molecule has 0 aliphatic carbocycles. The third-order valence-corrected chi connectivity index (χ3v) is 5.29. The number of nitrogens with zero attached hydrogens (tertiary/aromatic N) is 3. The predicted molar refractivity (Wildman–Crippen MR) is 108 cm³/mol. The Bertz CT molecular complexity index is 971. The van der Waals surface area contributed by atoms with E-state index in [1.54, 1.807) is 6.33 Å². The second-order valence-electron chi connectivity index (χ2n) is 7.30. The molecule has 28 heavy (non-hydrogen) atoms. The first-order valence-corrected chi connectivity index (χ1v) is 9.73. The number of anilines is 1. The SMILES string of the molecule is CCc1nc(CN2CCc3[nH]cnc3[C@@H]2c2ccc(NC(C)=O)cc2)c(C)[nH]1. The Morgan fingerprint density at radius 3 is 2.79 bits per heavy atom. The van der Waals surface area contributed by atoms with E-state index in [4.69, 9.17) is 4.98 Å². The van der Waals surface area contributed by atoms with E-state index < -0.39 is 0 Å². The fourth-order valence-electron chi connectivity index (χ4n) is 3.89. The van der Waals surface area contributed by atoms with Crippen LogP contribution in [0.1, 0.15) is 54.1 Å². The number of H-pyrrole nitrogens is 2. The Morgan fingerprint density at radius 1 is 1.32 bits per heavy atom. The second-order valence-corrected chi connectivity index (χ2v) is 7.30. The molecule has 1 aliphatic rings. The van der Waals surface area contributed by atoms with Crippen molar-refractivity contribution in [1.29, 1.82) is 0 Å². The largest absolute Gasteiger partial charge is 0.348 e. The summed E-state index contributed by atoms with van der Waals surface area (Å²) in [7, 11) is 0. The summed E-state index contributed by atoms with van der Waals surface area (Å²) in [5, 5.41) is 2.83. The third kappa shape index (κ3) is 3.57. The highest BCUT2D eigenvalue weighted by molar-refractivity contribution is 5.88. The minimum Gasteiger partial charge on any atom is -0.348 e. The fraction of sp³-hybridized carbons (Fsp3) is 0.381. The molecule has 0 radical (unpaired) electrons. The molecule has 0 bridgehead atoms. The number of aryl methyl sites for hydroxylation is 2. The van der Waals surface area contributed by atoms with Crippen LogP contribution in [0.25, 0.3) is 0 Å². The lowest BCUT2D eigenvalue weighted by Crippen LogP contribution is -2.36. The van der Waals surface area contributed by atoms with Gasteiger partial charge in [0.05, 0.1) is 23.8 Å². The monoisotopic (exact) mass is 378 g/mol. The quantitative estimate of drug-likeness (QED) is 0.636. The minimum atomic E-state index is -0.0673. The van der Waals surface area contributed by atoms with Gasteiger partial charge in [0.1, 0.15) is 5.82 Å². The van der Waals surface area contributed by atoms with Gasteiger partial charge in [0.25, 0.3) is 0 Å². The molecule has 1 aliphatic heterocycles. The maximum atomic E-state index is 11.3. The molecule has 7 nitrogen and oxygen atoms in total. The zero-order valence-electron chi connectivity index (χ0n) is 16.5. The third-order valence-electron chi connectivity index (χ3n) is 5.29. The number of amides is 1. The van der Waals surface area contributed by atoms with Crippen molar-refractivity contribution >= 4 is 11.6 Å². The summed E-state index contributed by atoms with van der Waals surface area (Å²) < 4.78 is 0. The average molecular weight is 378 g/mol. The fourth-order valence-corrected chi connectivity index (χ4v) is 3.89. The molecular weight excluding hydrogens is 352 g/mol. The summed E-state index contributed by atoms with van der Waals surface area (Å²) >= 11 is 0. The summed E-state index contributed by atoms with van der Waals surface area (Å²) in [6.07, 6.45) is 3.63. The highest BCUT2D eigenvalue weighted by Gasteiger charge is 2.31. The molecule has 0 spiro atoms.